The van der Waals surface area contributed by atoms with Crippen LogP contribution in [0.4, 0.5) is 4.39 Å². The van der Waals surface area contributed by atoms with Gasteiger partial charge in [-0.3, -0.25) is 9.36 Å². The quantitative estimate of drug-likeness (QED) is 0.311. The number of carbonyl (C=O) groups is 1. The maximum atomic E-state index is 13.2. The molecule has 0 spiro atoms. The molecule has 33 heavy (non-hydrogen) atoms. The van der Waals surface area contributed by atoms with E-state index in [1.54, 1.807) is 43.5 Å². The standard InChI is InChI=1S/C24H20BrFN4O2S/c1-32-21-12-4-17(5-13-21)23(31)27-14-22-28-29-24(30(22)20-10-6-18(25)7-11-20)33-15-16-2-8-19(26)9-3-16/h2-13H,14-15H2,1H3,(H,27,31). The van der Waals surface area contributed by atoms with Crippen LogP contribution in [0.25, 0.3) is 5.69 Å². The van der Waals surface area contributed by atoms with Crippen LogP contribution in [0.3, 0.4) is 0 Å². The lowest BCUT2D eigenvalue weighted by Gasteiger charge is -2.11. The number of hydrogen-bond donors (Lipinski definition) is 1. The van der Waals surface area contributed by atoms with Crippen molar-refractivity contribution in [2.45, 2.75) is 17.5 Å². The van der Waals surface area contributed by atoms with E-state index in [9.17, 15) is 9.18 Å². The highest BCUT2D eigenvalue weighted by molar-refractivity contribution is 9.10. The molecular formula is C24H20BrFN4O2S. The molecule has 1 N–H and O–H groups in total. The van der Waals surface area contributed by atoms with Crippen LogP contribution in [0, 0.1) is 5.82 Å². The number of nitrogens with one attached hydrogen (secondary N) is 1. The second-order valence-electron chi connectivity index (χ2n) is 7.04. The zero-order valence-corrected chi connectivity index (χ0v) is 20.1. The molecule has 9 heteroatoms. The van der Waals surface area contributed by atoms with E-state index in [0.717, 1.165) is 15.7 Å². The Morgan fingerprint density at radius 2 is 1.73 bits per heavy atom. The number of carbonyl (C=O) groups excluding carboxylic acids is 1. The molecule has 0 fully saturated rings. The van der Waals surface area contributed by atoms with Crippen LogP contribution >= 0.6 is 27.7 Å². The fourth-order valence-corrected chi connectivity index (χ4v) is 4.28. The predicted molar refractivity (Wildman–Crippen MR) is 129 cm³/mol. The molecule has 6 nitrogen and oxygen atoms in total. The van der Waals surface area contributed by atoms with Crippen molar-refractivity contribution in [2.75, 3.05) is 7.11 Å². The highest BCUT2D eigenvalue weighted by Crippen LogP contribution is 2.26. The summed E-state index contributed by atoms with van der Waals surface area (Å²) in [5.74, 6) is 1.40. The third-order valence-electron chi connectivity index (χ3n) is 4.83. The lowest BCUT2D eigenvalue weighted by molar-refractivity contribution is 0.0949. The van der Waals surface area contributed by atoms with E-state index in [0.29, 0.717) is 28.0 Å². The first-order valence-electron chi connectivity index (χ1n) is 10.0. The molecule has 0 bridgehead atoms. The molecule has 168 valence electrons. The maximum Gasteiger partial charge on any atom is 0.251 e. The highest BCUT2D eigenvalue weighted by Gasteiger charge is 2.16. The van der Waals surface area contributed by atoms with Gasteiger partial charge in [-0.1, -0.05) is 39.8 Å². The number of hydrogen-bond acceptors (Lipinski definition) is 5. The van der Waals surface area contributed by atoms with Crippen LogP contribution < -0.4 is 10.1 Å². The average Bonchev–Trinajstić information content (AvgIpc) is 3.25. The molecule has 1 heterocycles. The molecule has 4 aromatic rings. The number of halogens is 2. The van der Waals surface area contributed by atoms with Gasteiger partial charge in [0.05, 0.1) is 13.7 Å². The Labute approximate surface area is 203 Å². The van der Waals surface area contributed by atoms with Gasteiger partial charge in [0.25, 0.3) is 5.91 Å². The van der Waals surface area contributed by atoms with E-state index in [4.69, 9.17) is 4.74 Å². The fraction of sp³-hybridized carbons (Fsp3) is 0.125. The normalized spacial score (nSPS) is 10.8. The van der Waals surface area contributed by atoms with Crippen LogP contribution in [0.1, 0.15) is 21.7 Å². The molecule has 0 atom stereocenters. The zero-order chi connectivity index (χ0) is 23.2. The number of rotatable bonds is 8. The Morgan fingerprint density at radius 1 is 1.03 bits per heavy atom. The van der Waals surface area contributed by atoms with Gasteiger partial charge in [0.2, 0.25) is 0 Å². The van der Waals surface area contributed by atoms with E-state index in [1.165, 1.54) is 23.9 Å². The van der Waals surface area contributed by atoms with E-state index < -0.39 is 0 Å². The molecule has 0 aliphatic heterocycles. The van der Waals surface area contributed by atoms with E-state index in [-0.39, 0.29) is 18.3 Å². The molecule has 0 saturated heterocycles. The zero-order valence-electron chi connectivity index (χ0n) is 17.7. The minimum atomic E-state index is -0.267. The van der Waals surface area contributed by atoms with Crippen molar-refractivity contribution in [2.24, 2.45) is 0 Å². The molecule has 3 aromatic carbocycles. The lowest BCUT2D eigenvalue weighted by atomic mass is 10.2. The number of methoxy groups -OCH3 is 1. The monoisotopic (exact) mass is 526 g/mol. The third kappa shape index (κ3) is 5.80. The summed E-state index contributed by atoms with van der Waals surface area (Å²) in [6.45, 7) is 0.199. The van der Waals surface area contributed by atoms with Crippen molar-refractivity contribution >= 4 is 33.6 Å². The van der Waals surface area contributed by atoms with Crippen LogP contribution in [0.5, 0.6) is 5.75 Å². The molecule has 0 unspecified atom stereocenters. The Bertz CT molecular complexity index is 1230. The van der Waals surface area contributed by atoms with Gasteiger partial charge >= 0.3 is 0 Å². The van der Waals surface area contributed by atoms with Crippen molar-refractivity contribution in [1.82, 2.24) is 20.1 Å². The van der Waals surface area contributed by atoms with Crippen molar-refractivity contribution in [3.8, 4) is 11.4 Å². The summed E-state index contributed by atoms with van der Waals surface area (Å²) in [5.41, 5.74) is 2.37. The van der Waals surface area contributed by atoms with E-state index in [1.807, 2.05) is 28.8 Å². The summed E-state index contributed by atoms with van der Waals surface area (Å²) < 4.78 is 21.2. The minimum Gasteiger partial charge on any atom is -0.497 e. The van der Waals surface area contributed by atoms with E-state index in [2.05, 4.69) is 31.4 Å². The number of ether oxygens (including phenoxy) is 1. The number of aromatic nitrogens is 3. The predicted octanol–water partition coefficient (Wildman–Crippen LogP) is 5.40. The maximum absolute atomic E-state index is 13.2. The Morgan fingerprint density at radius 3 is 2.39 bits per heavy atom. The van der Waals surface area contributed by atoms with Crippen LogP contribution in [-0.2, 0) is 12.3 Å². The van der Waals surface area contributed by atoms with E-state index >= 15 is 0 Å². The summed E-state index contributed by atoms with van der Waals surface area (Å²) in [7, 11) is 1.58. The first-order chi connectivity index (χ1) is 16.0. The van der Waals surface area contributed by atoms with Gasteiger partial charge in [-0.05, 0) is 66.2 Å². The number of nitrogens with zero attached hydrogens (tertiary/aromatic N) is 3. The summed E-state index contributed by atoms with van der Waals surface area (Å²) in [5, 5.41) is 12.2. The van der Waals surface area contributed by atoms with Crippen LogP contribution in [0.2, 0.25) is 0 Å². The Balaban J connectivity index is 1.54. The molecule has 0 saturated carbocycles. The fourth-order valence-electron chi connectivity index (χ4n) is 3.09. The molecule has 1 amide bonds. The molecule has 0 aliphatic rings. The van der Waals surface area contributed by atoms with Crippen LogP contribution in [0.15, 0.2) is 82.4 Å². The van der Waals surface area contributed by atoms with Crippen molar-refractivity contribution in [3.05, 3.63) is 100 Å². The second-order valence-corrected chi connectivity index (χ2v) is 8.90. The largest absolute Gasteiger partial charge is 0.497 e. The Hall–Kier alpha value is -3.17. The van der Waals surface area contributed by atoms with Gasteiger partial charge in [-0.15, -0.1) is 10.2 Å². The second kappa shape index (κ2) is 10.6. The minimum absolute atomic E-state index is 0.199. The topological polar surface area (TPSA) is 69.0 Å². The lowest BCUT2D eigenvalue weighted by Crippen LogP contribution is -2.24. The van der Waals surface area contributed by atoms with Gasteiger partial charge in [-0.25, -0.2) is 4.39 Å². The smallest absolute Gasteiger partial charge is 0.251 e. The molecule has 4 rings (SSSR count). The van der Waals surface area contributed by atoms with Crippen molar-refractivity contribution in [1.29, 1.82) is 0 Å². The molecule has 1 aromatic heterocycles. The van der Waals surface area contributed by atoms with Crippen molar-refractivity contribution in [3.63, 3.8) is 0 Å². The molecule has 0 radical (unpaired) electrons. The number of thioether (sulfide) groups is 1. The Kier molecular flexibility index (Phi) is 7.41. The SMILES string of the molecule is COc1ccc(C(=O)NCc2nnc(SCc3ccc(F)cc3)n2-c2ccc(Br)cc2)cc1. The van der Waals surface area contributed by atoms with Crippen LogP contribution in [-0.4, -0.2) is 27.8 Å². The number of benzene rings is 3. The first-order valence-corrected chi connectivity index (χ1v) is 11.8. The van der Waals surface area contributed by atoms with Gasteiger partial charge in [0, 0.05) is 21.5 Å². The summed E-state index contributed by atoms with van der Waals surface area (Å²) in [6, 6.07) is 21.0. The first kappa shape index (κ1) is 23.0. The summed E-state index contributed by atoms with van der Waals surface area (Å²) in [4.78, 5) is 12.6. The molecule has 0 aliphatic carbocycles. The number of amides is 1. The van der Waals surface area contributed by atoms with Crippen molar-refractivity contribution < 1.29 is 13.9 Å². The van der Waals surface area contributed by atoms with Gasteiger partial charge in [0.15, 0.2) is 11.0 Å². The highest BCUT2D eigenvalue weighted by atomic mass is 79.9. The summed E-state index contributed by atoms with van der Waals surface area (Å²) >= 11 is 4.95. The van der Waals surface area contributed by atoms with Gasteiger partial charge in [0.1, 0.15) is 11.6 Å². The third-order valence-corrected chi connectivity index (χ3v) is 6.35. The summed E-state index contributed by atoms with van der Waals surface area (Å²) in [6.07, 6.45) is 0. The van der Waals surface area contributed by atoms with Gasteiger partial charge < -0.3 is 10.1 Å². The average molecular weight is 527 g/mol. The molecular weight excluding hydrogens is 507 g/mol. The van der Waals surface area contributed by atoms with Gasteiger partial charge in [-0.2, -0.15) is 0 Å².